The molecular weight excluding hydrogens is 545 g/mol. The molecule has 0 aliphatic carbocycles. The molecule has 42 heavy (non-hydrogen) atoms. The molecule has 0 spiro atoms. The highest BCUT2D eigenvalue weighted by molar-refractivity contribution is 5.82. The first-order valence-corrected chi connectivity index (χ1v) is 14.2. The fourth-order valence-electron chi connectivity index (χ4n) is 5.27. The summed E-state index contributed by atoms with van der Waals surface area (Å²) in [5.41, 5.74) is 2.76. The van der Waals surface area contributed by atoms with E-state index < -0.39 is 29.6 Å². The van der Waals surface area contributed by atoms with E-state index in [2.05, 4.69) is 21.6 Å². The van der Waals surface area contributed by atoms with Crippen molar-refractivity contribution in [1.29, 1.82) is 5.26 Å². The fourth-order valence-corrected chi connectivity index (χ4v) is 5.27. The largest absolute Gasteiger partial charge is 0.419 e. The highest BCUT2D eigenvalue weighted by atomic mass is 19.1. The van der Waals surface area contributed by atoms with Gasteiger partial charge < -0.3 is 29.3 Å². The lowest BCUT2D eigenvalue weighted by atomic mass is 9.99. The molecule has 224 valence electrons. The van der Waals surface area contributed by atoms with Crippen LogP contribution in [-0.2, 0) is 32.0 Å². The summed E-state index contributed by atoms with van der Waals surface area (Å²) >= 11 is 0. The Hall–Kier alpha value is -3.60. The Labute approximate surface area is 243 Å². The molecule has 3 heterocycles. The van der Waals surface area contributed by atoms with Crippen molar-refractivity contribution in [3.63, 3.8) is 0 Å². The fraction of sp³-hybridized carbons (Fsp3) is 0.500. The summed E-state index contributed by atoms with van der Waals surface area (Å²) in [6, 6.07) is 11.2. The SMILES string of the molecule is CO[C@H]1CCO[C@H](C(=O)N[C@H](C#N)Cc2ccc(-c3ccc4oc(=O)n(CCN5CCOCC5)c4c3)cc2F)CNC1. The van der Waals surface area contributed by atoms with Crippen LogP contribution in [0.2, 0.25) is 0 Å². The van der Waals surface area contributed by atoms with Crippen molar-refractivity contribution in [1.82, 2.24) is 20.1 Å². The van der Waals surface area contributed by atoms with Gasteiger partial charge in [-0.3, -0.25) is 14.3 Å². The van der Waals surface area contributed by atoms with Crippen LogP contribution in [0.4, 0.5) is 4.39 Å². The highest BCUT2D eigenvalue weighted by Gasteiger charge is 2.25. The van der Waals surface area contributed by atoms with Crippen molar-refractivity contribution in [2.45, 2.75) is 37.6 Å². The number of rotatable bonds is 9. The molecule has 5 rings (SSSR count). The molecule has 3 aromatic rings. The van der Waals surface area contributed by atoms with Crippen molar-refractivity contribution in [2.75, 3.05) is 59.7 Å². The van der Waals surface area contributed by atoms with Crippen LogP contribution in [-0.4, -0.2) is 93.3 Å². The summed E-state index contributed by atoms with van der Waals surface area (Å²) in [6.07, 6.45) is -0.0945. The number of oxazole rings is 1. The summed E-state index contributed by atoms with van der Waals surface area (Å²) in [4.78, 5) is 27.6. The zero-order chi connectivity index (χ0) is 29.5. The lowest BCUT2D eigenvalue weighted by Gasteiger charge is -2.26. The van der Waals surface area contributed by atoms with Gasteiger partial charge in [0.15, 0.2) is 5.58 Å². The van der Waals surface area contributed by atoms with Crippen LogP contribution in [0.15, 0.2) is 45.6 Å². The summed E-state index contributed by atoms with van der Waals surface area (Å²) in [6.45, 7) is 5.40. The van der Waals surface area contributed by atoms with Crippen LogP contribution in [0.3, 0.4) is 0 Å². The molecule has 0 bridgehead atoms. The number of fused-ring (bicyclic) bond motifs is 1. The van der Waals surface area contributed by atoms with Crippen molar-refractivity contribution in [3.05, 3.63) is 58.3 Å². The van der Waals surface area contributed by atoms with E-state index in [4.69, 9.17) is 18.6 Å². The van der Waals surface area contributed by atoms with E-state index >= 15 is 4.39 Å². The average molecular weight is 582 g/mol. The predicted molar refractivity (Wildman–Crippen MR) is 152 cm³/mol. The number of carbonyl (C=O) groups is 1. The second-order valence-corrected chi connectivity index (χ2v) is 10.5. The van der Waals surface area contributed by atoms with Gasteiger partial charge in [-0.2, -0.15) is 5.26 Å². The third-order valence-electron chi connectivity index (χ3n) is 7.78. The minimum Gasteiger partial charge on any atom is -0.408 e. The standard InChI is InChI=1S/C30H36FN5O6/c1-39-24-6-11-41-28(19-33-18-24)29(37)34-23(17-32)14-22-3-2-20(15-25(22)31)21-4-5-27-26(16-21)36(30(38)42-27)8-7-35-9-12-40-13-10-35/h2-5,15-16,23-24,28,33H,6-14,18-19H2,1H3,(H,34,37)/t23-,24-,28-/m0/s1. The lowest BCUT2D eigenvalue weighted by molar-refractivity contribution is -0.134. The first kappa shape index (κ1) is 29.9. The number of nitrogens with zero attached hydrogens (tertiary/aromatic N) is 3. The number of ether oxygens (including phenoxy) is 3. The van der Waals surface area contributed by atoms with Gasteiger partial charge in [0.2, 0.25) is 0 Å². The van der Waals surface area contributed by atoms with Gasteiger partial charge in [-0.15, -0.1) is 0 Å². The van der Waals surface area contributed by atoms with Gasteiger partial charge >= 0.3 is 5.76 Å². The van der Waals surface area contributed by atoms with Gasteiger partial charge in [0.1, 0.15) is 18.0 Å². The van der Waals surface area contributed by atoms with E-state index in [1.54, 1.807) is 35.9 Å². The summed E-state index contributed by atoms with van der Waals surface area (Å²) in [5.74, 6) is -1.34. The van der Waals surface area contributed by atoms with Crippen molar-refractivity contribution < 1.29 is 27.8 Å². The molecule has 12 heteroatoms. The van der Waals surface area contributed by atoms with Crippen LogP contribution >= 0.6 is 0 Å². The number of hydrogen-bond acceptors (Lipinski definition) is 9. The Bertz CT molecular complexity index is 1470. The Morgan fingerprint density at radius 3 is 2.71 bits per heavy atom. The first-order valence-electron chi connectivity index (χ1n) is 14.2. The molecule has 1 amide bonds. The topological polar surface area (TPSA) is 131 Å². The number of morpholine rings is 1. The smallest absolute Gasteiger partial charge is 0.408 e. The molecule has 3 atom stereocenters. The third kappa shape index (κ3) is 7.24. The van der Waals surface area contributed by atoms with E-state index in [1.165, 1.54) is 6.07 Å². The normalized spacial score (nSPS) is 20.9. The molecule has 11 nitrogen and oxygen atoms in total. The molecule has 2 N–H and O–H groups in total. The number of benzene rings is 2. The molecule has 2 fully saturated rings. The van der Waals surface area contributed by atoms with Crippen molar-refractivity contribution in [3.8, 4) is 17.2 Å². The molecule has 2 aliphatic heterocycles. The van der Waals surface area contributed by atoms with Crippen molar-refractivity contribution >= 4 is 17.0 Å². The zero-order valence-electron chi connectivity index (χ0n) is 23.6. The van der Waals surface area contributed by atoms with E-state index in [0.29, 0.717) is 68.1 Å². The molecule has 2 aromatic carbocycles. The Kier molecular flexibility index (Phi) is 9.99. The monoisotopic (exact) mass is 581 g/mol. The van der Waals surface area contributed by atoms with Gasteiger partial charge in [0, 0.05) is 52.8 Å². The predicted octanol–water partition coefficient (Wildman–Crippen LogP) is 1.68. The molecule has 2 aliphatic rings. The van der Waals surface area contributed by atoms with Crippen molar-refractivity contribution in [2.24, 2.45) is 0 Å². The first-order chi connectivity index (χ1) is 20.4. The van der Waals surface area contributed by atoms with Gasteiger partial charge in [-0.1, -0.05) is 18.2 Å². The van der Waals surface area contributed by atoms with Gasteiger partial charge in [0.25, 0.3) is 5.91 Å². The van der Waals surface area contributed by atoms with E-state index in [0.717, 1.165) is 18.7 Å². The Morgan fingerprint density at radius 1 is 1.17 bits per heavy atom. The number of halogens is 1. The minimum absolute atomic E-state index is 0.00208. The maximum atomic E-state index is 15.3. The van der Waals surface area contributed by atoms with Crippen LogP contribution < -0.4 is 16.4 Å². The number of methoxy groups -OCH3 is 1. The number of carbonyl (C=O) groups excluding carboxylic acids is 1. The van der Waals surface area contributed by atoms with Gasteiger partial charge in [0.05, 0.1) is 37.5 Å². The number of nitriles is 1. The Balaban J connectivity index is 1.24. The van der Waals surface area contributed by atoms with Crippen LogP contribution in [0.1, 0.15) is 12.0 Å². The summed E-state index contributed by atoms with van der Waals surface area (Å²) in [7, 11) is 1.63. The lowest BCUT2D eigenvalue weighted by Crippen LogP contribution is -2.49. The molecule has 2 saturated heterocycles. The summed E-state index contributed by atoms with van der Waals surface area (Å²) < 4.78 is 38.7. The van der Waals surface area contributed by atoms with E-state index in [-0.39, 0.29) is 19.1 Å². The maximum absolute atomic E-state index is 15.3. The van der Waals surface area contributed by atoms with Crippen LogP contribution in [0.5, 0.6) is 0 Å². The second-order valence-electron chi connectivity index (χ2n) is 10.5. The molecule has 0 unspecified atom stereocenters. The number of hydrogen-bond donors (Lipinski definition) is 2. The molecule has 0 radical (unpaired) electrons. The highest BCUT2D eigenvalue weighted by Crippen LogP contribution is 2.26. The van der Waals surface area contributed by atoms with Gasteiger partial charge in [-0.05, 0) is 41.3 Å². The van der Waals surface area contributed by atoms with Crippen LogP contribution in [0.25, 0.3) is 22.2 Å². The number of nitrogens with one attached hydrogen (secondary N) is 2. The molecule has 0 saturated carbocycles. The number of amides is 1. The zero-order valence-corrected chi connectivity index (χ0v) is 23.6. The van der Waals surface area contributed by atoms with E-state index in [9.17, 15) is 14.9 Å². The second kappa shape index (κ2) is 14.0. The average Bonchev–Trinajstić information content (AvgIpc) is 3.30. The number of aromatic nitrogens is 1. The summed E-state index contributed by atoms with van der Waals surface area (Å²) in [5, 5.41) is 15.5. The molecule has 1 aromatic heterocycles. The maximum Gasteiger partial charge on any atom is 0.419 e. The quantitative estimate of drug-likeness (QED) is 0.388. The van der Waals surface area contributed by atoms with Gasteiger partial charge in [-0.25, -0.2) is 9.18 Å². The van der Waals surface area contributed by atoms with E-state index in [1.807, 2.05) is 6.07 Å². The third-order valence-corrected chi connectivity index (χ3v) is 7.78. The Morgan fingerprint density at radius 2 is 1.95 bits per heavy atom. The van der Waals surface area contributed by atoms with Crippen LogP contribution in [0, 0.1) is 17.1 Å². The molecular formula is C30H36FN5O6. The minimum atomic E-state index is -0.929.